The van der Waals surface area contributed by atoms with E-state index in [0.717, 1.165) is 0 Å². The monoisotopic (exact) mass is 146 g/mol. The molecule has 0 saturated carbocycles. The fraction of sp³-hybridized carbons (Fsp3) is 1.00. The summed E-state index contributed by atoms with van der Waals surface area (Å²) >= 11 is 0. The van der Waals surface area contributed by atoms with Crippen molar-refractivity contribution in [3.63, 3.8) is 0 Å². The lowest BCUT2D eigenvalue weighted by Crippen LogP contribution is -2.44. The largest absolute Gasteiger partial charge is 0.388 e. The quantitative estimate of drug-likeness (QED) is 0.562. The minimum Gasteiger partial charge on any atom is -0.388 e. The first kappa shape index (κ1) is 9.88. The summed E-state index contributed by atoms with van der Waals surface area (Å²) < 4.78 is 0. The molecule has 62 valence electrons. The van der Waals surface area contributed by atoms with Gasteiger partial charge in [0.1, 0.15) is 0 Å². The van der Waals surface area contributed by atoms with E-state index in [9.17, 15) is 5.11 Å². The van der Waals surface area contributed by atoms with Gasteiger partial charge in [-0.05, 0) is 28.1 Å². The predicted octanol–water partition coefficient (Wildman–Crippen LogP) is -0.482. The standard InChI is InChI=1S/C7H18N2O/c1-7(10,5-8-2)6-9(3)4/h8,10H,5-6H2,1-4H3. The fourth-order valence-corrected chi connectivity index (χ4v) is 1.12. The smallest absolute Gasteiger partial charge is 0.0869 e. The average molecular weight is 146 g/mol. The van der Waals surface area contributed by atoms with Crippen molar-refractivity contribution in [2.75, 3.05) is 34.2 Å². The summed E-state index contributed by atoms with van der Waals surface area (Å²) in [6.45, 7) is 3.14. The summed E-state index contributed by atoms with van der Waals surface area (Å²) in [6.07, 6.45) is 0. The van der Waals surface area contributed by atoms with Gasteiger partial charge in [-0.3, -0.25) is 0 Å². The number of rotatable bonds is 4. The summed E-state index contributed by atoms with van der Waals surface area (Å²) in [6, 6.07) is 0. The molecule has 10 heavy (non-hydrogen) atoms. The maximum Gasteiger partial charge on any atom is 0.0869 e. The fourth-order valence-electron chi connectivity index (χ4n) is 1.12. The van der Waals surface area contributed by atoms with Gasteiger partial charge in [-0.1, -0.05) is 0 Å². The summed E-state index contributed by atoms with van der Waals surface area (Å²) in [7, 11) is 5.73. The minimum absolute atomic E-state index is 0.613. The third-order valence-corrected chi connectivity index (χ3v) is 1.21. The molecule has 0 spiro atoms. The first-order valence-corrected chi connectivity index (χ1v) is 3.49. The molecule has 1 unspecified atom stereocenters. The van der Waals surface area contributed by atoms with Crippen molar-refractivity contribution in [2.45, 2.75) is 12.5 Å². The normalized spacial score (nSPS) is 17.4. The van der Waals surface area contributed by atoms with Crippen molar-refractivity contribution in [3.05, 3.63) is 0 Å². The zero-order valence-electron chi connectivity index (χ0n) is 7.31. The van der Waals surface area contributed by atoms with Crippen LogP contribution in [0.25, 0.3) is 0 Å². The zero-order valence-corrected chi connectivity index (χ0v) is 7.31. The van der Waals surface area contributed by atoms with Crippen LogP contribution in [-0.4, -0.2) is 49.8 Å². The van der Waals surface area contributed by atoms with Crippen LogP contribution in [0.1, 0.15) is 6.92 Å². The number of hydrogen-bond donors (Lipinski definition) is 2. The second-order valence-electron chi connectivity index (χ2n) is 3.27. The number of likely N-dealkylation sites (N-methyl/N-ethyl adjacent to an activating group) is 2. The van der Waals surface area contributed by atoms with E-state index in [1.54, 1.807) is 0 Å². The Bertz CT molecular complexity index is 91.6. The van der Waals surface area contributed by atoms with E-state index < -0.39 is 5.60 Å². The minimum atomic E-state index is -0.613. The number of hydrogen-bond acceptors (Lipinski definition) is 3. The molecule has 0 rings (SSSR count). The van der Waals surface area contributed by atoms with Crippen LogP contribution in [0.15, 0.2) is 0 Å². The molecule has 3 heteroatoms. The van der Waals surface area contributed by atoms with Crippen molar-refractivity contribution in [2.24, 2.45) is 0 Å². The van der Waals surface area contributed by atoms with Gasteiger partial charge in [-0.15, -0.1) is 0 Å². The molecule has 0 aliphatic heterocycles. The summed E-state index contributed by atoms with van der Waals surface area (Å²) in [5, 5.41) is 12.5. The molecule has 3 nitrogen and oxygen atoms in total. The highest BCUT2D eigenvalue weighted by atomic mass is 16.3. The maximum atomic E-state index is 9.58. The first-order chi connectivity index (χ1) is 4.48. The van der Waals surface area contributed by atoms with E-state index in [0.29, 0.717) is 13.1 Å². The highest BCUT2D eigenvalue weighted by Gasteiger charge is 2.19. The molecule has 0 saturated heterocycles. The lowest BCUT2D eigenvalue weighted by atomic mass is 10.1. The van der Waals surface area contributed by atoms with Crippen LogP contribution in [0.3, 0.4) is 0 Å². The third-order valence-electron chi connectivity index (χ3n) is 1.21. The van der Waals surface area contributed by atoms with Crippen LogP contribution in [0.5, 0.6) is 0 Å². The molecule has 2 N–H and O–H groups in total. The zero-order chi connectivity index (χ0) is 8.20. The number of aliphatic hydroxyl groups is 1. The SMILES string of the molecule is CNCC(C)(O)CN(C)C. The second-order valence-corrected chi connectivity index (χ2v) is 3.27. The molecule has 0 radical (unpaired) electrons. The molecule has 0 fully saturated rings. The summed E-state index contributed by atoms with van der Waals surface area (Å²) in [4.78, 5) is 1.97. The van der Waals surface area contributed by atoms with Gasteiger partial charge in [-0.25, -0.2) is 0 Å². The van der Waals surface area contributed by atoms with Crippen molar-refractivity contribution in [1.29, 1.82) is 0 Å². The lowest BCUT2D eigenvalue weighted by Gasteiger charge is -2.26. The van der Waals surface area contributed by atoms with Crippen molar-refractivity contribution in [3.8, 4) is 0 Å². The molecule has 0 aliphatic carbocycles. The molecule has 0 aliphatic rings. The van der Waals surface area contributed by atoms with Crippen LogP contribution in [-0.2, 0) is 0 Å². The Morgan fingerprint density at radius 2 is 2.00 bits per heavy atom. The second kappa shape index (κ2) is 3.91. The Morgan fingerprint density at radius 3 is 2.30 bits per heavy atom. The molecule has 0 aromatic carbocycles. The van der Waals surface area contributed by atoms with E-state index in [1.807, 2.05) is 33.0 Å². The van der Waals surface area contributed by atoms with Crippen LogP contribution in [0, 0.1) is 0 Å². The highest BCUT2D eigenvalue weighted by Crippen LogP contribution is 2.01. The van der Waals surface area contributed by atoms with E-state index in [1.165, 1.54) is 0 Å². The van der Waals surface area contributed by atoms with E-state index >= 15 is 0 Å². The molecule has 0 bridgehead atoms. The number of nitrogens with zero attached hydrogens (tertiary/aromatic N) is 1. The summed E-state index contributed by atoms with van der Waals surface area (Å²) in [5.41, 5.74) is -0.613. The topological polar surface area (TPSA) is 35.5 Å². The van der Waals surface area contributed by atoms with Crippen LogP contribution in [0.4, 0.5) is 0 Å². The van der Waals surface area contributed by atoms with Crippen molar-refractivity contribution < 1.29 is 5.11 Å². The van der Waals surface area contributed by atoms with Crippen molar-refractivity contribution >= 4 is 0 Å². The van der Waals surface area contributed by atoms with E-state index in [2.05, 4.69) is 5.32 Å². The Hall–Kier alpha value is -0.120. The first-order valence-electron chi connectivity index (χ1n) is 3.49. The number of nitrogens with one attached hydrogen (secondary N) is 1. The van der Waals surface area contributed by atoms with Gasteiger partial charge in [0.2, 0.25) is 0 Å². The molecule has 0 aromatic heterocycles. The van der Waals surface area contributed by atoms with Crippen LogP contribution < -0.4 is 5.32 Å². The lowest BCUT2D eigenvalue weighted by molar-refractivity contribution is 0.0356. The van der Waals surface area contributed by atoms with Gasteiger partial charge in [0.25, 0.3) is 0 Å². The third kappa shape index (κ3) is 4.73. The molecule has 0 aromatic rings. The van der Waals surface area contributed by atoms with Crippen molar-refractivity contribution in [1.82, 2.24) is 10.2 Å². The Labute approximate surface area is 63.0 Å². The molecular formula is C7H18N2O. The molecule has 0 amide bonds. The Morgan fingerprint density at radius 1 is 1.50 bits per heavy atom. The van der Waals surface area contributed by atoms with Gasteiger partial charge in [-0.2, -0.15) is 0 Å². The molecule has 0 heterocycles. The Balaban J connectivity index is 3.63. The average Bonchev–Trinajstić information content (AvgIpc) is 1.59. The highest BCUT2D eigenvalue weighted by molar-refractivity contribution is 4.76. The van der Waals surface area contributed by atoms with Crippen LogP contribution >= 0.6 is 0 Å². The van der Waals surface area contributed by atoms with Gasteiger partial charge in [0.05, 0.1) is 5.60 Å². The summed E-state index contributed by atoms with van der Waals surface area (Å²) in [5.74, 6) is 0. The molecular weight excluding hydrogens is 128 g/mol. The van der Waals surface area contributed by atoms with E-state index in [4.69, 9.17) is 0 Å². The van der Waals surface area contributed by atoms with Gasteiger partial charge in [0, 0.05) is 13.1 Å². The van der Waals surface area contributed by atoms with Crippen LogP contribution in [0.2, 0.25) is 0 Å². The Kier molecular flexibility index (Phi) is 3.86. The molecule has 1 atom stereocenters. The van der Waals surface area contributed by atoms with E-state index in [-0.39, 0.29) is 0 Å². The van der Waals surface area contributed by atoms with Gasteiger partial charge < -0.3 is 15.3 Å². The maximum absolute atomic E-state index is 9.58. The van der Waals surface area contributed by atoms with Gasteiger partial charge >= 0.3 is 0 Å². The van der Waals surface area contributed by atoms with Gasteiger partial charge in [0.15, 0.2) is 0 Å². The predicted molar refractivity (Wildman–Crippen MR) is 43.1 cm³/mol.